The lowest BCUT2D eigenvalue weighted by Crippen LogP contribution is -2.24. The van der Waals surface area contributed by atoms with E-state index in [0.29, 0.717) is 24.6 Å². The molecule has 0 saturated heterocycles. The first kappa shape index (κ1) is 20.4. The largest absolute Gasteiger partial charge is 0.393 e. The van der Waals surface area contributed by atoms with Gasteiger partial charge in [-0.25, -0.2) is 9.97 Å². The van der Waals surface area contributed by atoms with E-state index in [4.69, 9.17) is 5.73 Å². The molecule has 4 rings (SSSR count). The van der Waals surface area contributed by atoms with E-state index < -0.39 is 0 Å². The summed E-state index contributed by atoms with van der Waals surface area (Å²) in [6.45, 7) is 5.55. The third-order valence-corrected chi connectivity index (χ3v) is 5.23. The predicted octanol–water partition coefficient (Wildman–Crippen LogP) is 5.63. The number of hydrogen-bond donors (Lipinski definition) is 2. The maximum Gasteiger partial charge on any atom is 0.159 e. The maximum absolute atomic E-state index is 6.59. The molecule has 0 radical (unpaired) electrons. The molecule has 5 heteroatoms. The fourth-order valence-corrected chi connectivity index (χ4v) is 3.63. The van der Waals surface area contributed by atoms with Gasteiger partial charge in [-0.05, 0) is 36.6 Å². The molecule has 0 aliphatic rings. The maximum atomic E-state index is 6.59. The number of benzene rings is 3. The molecular weight excluding hydrogens is 382 g/mol. The summed E-state index contributed by atoms with van der Waals surface area (Å²) < 4.78 is 0. The molecule has 0 saturated carbocycles. The topological polar surface area (TPSA) is 67.1 Å². The first-order valence-electron chi connectivity index (χ1n) is 10.4. The van der Waals surface area contributed by atoms with Gasteiger partial charge in [-0.15, -0.1) is 0 Å². The predicted molar refractivity (Wildman–Crippen MR) is 128 cm³/mol. The van der Waals surface area contributed by atoms with Gasteiger partial charge in [0.2, 0.25) is 0 Å². The van der Waals surface area contributed by atoms with Gasteiger partial charge in [-0.1, -0.05) is 78.4 Å². The molecule has 0 fully saturated rings. The van der Waals surface area contributed by atoms with Crippen LogP contribution < -0.4 is 16.0 Å². The van der Waals surface area contributed by atoms with Crippen molar-refractivity contribution in [3.63, 3.8) is 0 Å². The second-order valence-corrected chi connectivity index (χ2v) is 7.73. The van der Waals surface area contributed by atoms with E-state index in [1.54, 1.807) is 6.33 Å². The standard InChI is InChI=1S/C26H27N5/c1-19-13-14-23(20(2)15-19)30-25-24(27)26(29-18-28-25)31(16-21-9-5-3-6-10-21)17-22-11-7-4-8-12-22/h3-15,18H,16-17,27H2,1-2H3,(H,28,29,30). The zero-order valence-electron chi connectivity index (χ0n) is 17.9. The minimum atomic E-state index is 0.536. The first-order valence-corrected chi connectivity index (χ1v) is 10.4. The summed E-state index contributed by atoms with van der Waals surface area (Å²) in [6, 6.07) is 27.0. The highest BCUT2D eigenvalue weighted by Gasteiger charge is 2.17. The Hall–Kier alpha value is -3.86. The molecule has 0 aliphatic heterocycles. The highest BCUT2D eigenvalue weighted by molar-refractivity contribution is 5.79. The molecule has 0 spiro atoms. The Kier molecular flexibility index (Phi) is 6.13. The van der Waals surface area contributed by atoms with Crippen LogP contribution in [-0.4, -0.2) is 9.97 Å². The van der Waals surface area contributed by atoms with Crippen LogP contribution in [0.4, 0.5) is 23.0 Å². The minimum Gasteiger partial charge on any atom is -0.393 e. The number of nitrogens with two attached hydrogens (primary N) is 1. The number of anilines is 4. The summed E-state index contributed by atoms with van der Waals surface area (Å²) >= 11 is 0. The molecule has 5 nitrogen and oxygen atoms in total. The summed E-state index contributed by atoms with van der Waals surface area (Å²) in [4.78, 5) is 11.2. The van der Waals surface area contributed by atoms with Crippen molar-refractivity contribution in [3.05, 3.63) is 107 Å². The fourth-order valence-electron chi connectivity index (χ4n) is 3.63. The van der Waals surface area contributed by atoms with Crippen LogP contribution in [0.2, 0.25) is 0 Å². The number of hydrogen-bond acceptors (Lipinski definition) is 5. The average Bonchev–Trinajstić information content (AvgIpc) is 2.78. The van der Waals surface area contributed by atoms with E-state index in [0.717, 1.165) is 17.1 Å². The summed E-state index contributed by atoms with van der Waals surface area (Å²) in [5, 5.41) is 3.39. The number of nitrogen functional groups attached to an aromatic ring is 1. The minimum absolute atomic E-state index is 0.536. The Labute approximate surface area is 183 Å². The molecular formula is C26H27N5. The van der Waals surface area contributed by atoms with E-state index in [2.05, 4.69) is 76.5 Å². The SMILES string of the molecule is Cc1ccc(Nc2ncnc(N(Cc3ccccc3)Cc3ccccc3)c2N)c(C)c1. The molecule has 31 heavy (non-hydrogen) atoms. The van der Waals surface area contributed by atoms with Gasteiger partial charge < -0.3 is 16.0 Å². The van der Waals surface area contributed by atoms with E-state index in [-0.39, 0.29) is 0 Å². The molecule has 0 atom stereocenters. The lowest BCUT2D eigenvalue weighted by Gasteiger charge is -2.26. The van der Waals surface area contributed by atoms with Gasteiger partial charge >= 0.3 is 0 Å². The monoisotopic (exact) mass is 409 g/mol. The number of aryl methyl sites for hydroxylation is 2. The third kappa shape index (κ3) is 5.01. The molecule has 3 aromatic carbocycles. The average molecular weight is 410 g/mol. The molecule has 1 heterocycles. The Bertz CT molecular complexity index is 1100. The molecule has 0 bridgehead atoms. The van der Waals surface area contributed by atoms with Crippen LogP contribution in [0, 0.1) is 13.8 Å². The second-order valence-electron chi connectivity index (χ2n) is 7.73. The van der Waals surface area contributed by atoms with Gasteiger partial charge in [-0.3, -0.25) is 0 Å². The van der Waals surface area contributed by atoms with Crippen LogP contribution in [0.3, 0.4) is 0 Å². The number of rotatable bonds is 7. The van der Waals surface area contributed by atoms with Crippen molar-refractivity contribution in [2.75, 3.05) is 16.0 Å². The van der Waals surface area contributed by atoms with Gasteiger partial charge in [0, 0.05) is 18.8 Å². The molecule has 0 amide bonds. The molecule has 3 N–H and O–H groups in total. The second kappa shape index (κ2) is 9.30. The summed E-state index contributed by atoms with van der Waals surface area (Å²) in [7, 11) is 0. The number of nitrogens with zero attached hydrogens (tertiary/aromatic N) is 3. The van der Waals surface area contributed by atoms with Crippen LogP contribution in [-0.2, 0) is 13.1 Å². The van der Waals surface area contributed by atoms with Crippen molar-refractivity contribution in [2.45, 2.75) is 26.9 Å². The quantitative estimate of drug-likeness (QED) is 0.414. The fraction of sp³-hybridized carbons (Fsp3) is 0.154. The van der Waals surface area contributed by atoms with Crippen molar-refractivity contribution >= 4 is 23.0 Å². The molecule has 1 aromatic heterocycles. The smallest absolute Gasteiger partial charge is 0.159 e. The summed E-state index contributed by atoms with van der Waals surface area (Å²) in [5.74, 6) is 1.33. The Morgan fingerprint density at radius 3 is 2.00 bits per heavy atom. The van der Waals surface area contributed by atoms with Gasteiger partial charge in [0.1, 0.15) is 12.0 Å². The van der Waals surface area contributed by atoms with Crippen molar-refractivity contribution in [1.29, 1.82) is 0 Å². The lowest BCUT2D eigenvalue weighted by molar-refractivity contribution is 0.782. The zero-order chi connectivity index (χ0) is 21.6. The van der Waals surface area contributed by atoms with E-state index in [1.165, 1.54) is 16.7 Å². The Balaban J connectivity index is 1.67. The van der Waals surface area contributed by atoms with Crippen LogP contribution in [0.5, 0.6) is 0 Å². The zero-order valence-corrected chi connectivity index (χ0v) is 17.9. The first-order chi connectivity index (χ1) is 15.1. The molecule has 0 aliphatic carbocycles. The van der Waals surface area contributed by atoms with Crippen molar-refractivity contribution in [1.82, 2.24) is 9.97 Å². The molecule has 4 aromatic rings. The van der Waals surface area contributed by atoms with Gasteiger partial charge in [-0.2, -0.15) is 0 Å². The van der Waals surface area contributed by atoms with Crippen molar-refractivity contribution in [2.24, 2.45) is 0 Å². The summed E-state index contributed by atoms with van der Waals surface area (Å²) in [6.07, 6.45) is 1.57. The van der Waals surface area contributed by atoms with Gasteiger partial charge in [0.05, 0.1) is 0 Å². The molecule has 156 valence electrons. The highest BCUT2D eigenvalue weighted by Crippen LogP contribution is 2.31. The number of aromatic nitrogens is 2. The highest BCUT2D eigenvalue weighted by atomic mass is 15.2. The van der Waals surface area contributed by atoms with Gasteiger partial charge in [0.15, 0.2) is 11.6 Å². The van der Waals surface area contributed by atoms with Crippen LogP contribution >= 0.6 is 0 Å². The van der Waals surface area contributed by atoms with Crippen LogP contribution in [0.25, 0.3) is 0 Å². The van der Waals surface area contributed by atoms with E-state index in [9.17, 15) is 0 Å². The summed E-state index contributed by atoms with van der Waals surface area (Å²) in [5.41, 5.74) is 12.9. The molecule has 0 unspecified atom stereocenters. The Morgan fingerprint density at radius 2 is 1.42 bits per heavy atom. The van der Waals surface area contributed by atoms with Crippen LogP contribution in [0.1, 0.15) is 22.3 Å². The Morgan fingerprint density at radius 1 is 0.806 bits per heavy atom. The van der Waals surface area contributed by atoms with E-state index in [1.807, 2.05) is 36.4 Å². The van der Waals surface area contributed by atoms with Gasteiger partial charge in [0.25, 0.3) is 0 Å². The van der Waals surface area contributed by atoms with E-state index >= 15 is 0 Å². The number of nitrogens with one attached hydrogen (secondary N) is 1. The van der Waals surface area contributed by atoms with Crippen molar-refractivity contribution < 1.29 is 0 Å². The lowest BCUT2D eigenvalue weighted by atomic mass is 10.1. The third-order valence-electron chi connectivity index (χ3n) is 5.23. The van der Waals surface area contributed by atoms with Crippen LogP contribution in [0.15, 0.2) is 85.2 Å². The van der Waals surface area contributed by atoms with Crippen molar-refractivity contribution in [3.8, 4) is 0 Å². The normalized spacial score (nSPS) is 10.6.